The zero-order chi connectivity index (χ0) is 8.69. The van der Waals surface area contributed by atoms with Gasteiger partial charge in [0.25, 0.3) is 0 Å². The number of hydrogen-bond acceptors (Lipinski definition) is 3. The summed E-state index contributed by atoms with van der Waals surface area (Å²) >= 11 is 0. The quantitative estimate of drug-likeness (QED) is 0.137. The summed E-state index contributed by atoms with van der Waals surface area (Å²) in [5, 5.41) is 9.35. The molecule has 5 heteroatoms. The fourth-order valence-corrected chi connectivity index (χ4v) is 0.693. The third-order valence-corrected chi connectivity index (χ3v) is 1.18. The number of hydrogen-bond donors (Lipinski definition) is 4. The second-order valence-electron chi connectivity index (χ2n) is 2.26. The minimum Gasteiger partial charge on any atom is -0.370 e. The minimum absolute atomic E-state index is 0.136. The molecule has 64 valence electrons. The van der Waals surface area contributed by atoms with Gasteiger partial charge in [0, 0.05) is 6.42 Å². The van der Waals surface area contributed by atoms with Crippen molar-refractivity contribution in [2.24, 2.45) is 11.5 Å². The van der Waals surface area contributed by atoms with Crippen LogP contribution in [0.2, 0.25) is 0 Å². The van der Waals surface area contributed by atoms with Crippen LogP contribution in [0.25, 0.3) is 0 Å². The molecular formula is C6H14N4O. The van der Waals surface area contributed by atoms with Crippen LogP contribution in [0.15, 0.2) is 0 Å². The molecule has 0 rings (SSSR count). The third kappa shape index (κ3) is 6.79. The minimum atomic E-state index is -0.313. The Kier molecular flexibility index (Phi) is 5.10. The summed E-state index contributed by atoms with van der Waals surface area (Å²) in [6.45, 7) is 0. The van der Waals surface area contributed by atoms with E-state index in [1.807, 2.05) is 0 Å². The molecule has 0 aliphatic heterocycles. The molecule has 0 radical (unpaired) electrons. The lowest BCUT2D eigenvalue weighted by Gasteiger charge is -2.11. The van der Waals surface area contributed by atoms with E-state index in [4.69, 9.17) is 16.9 Å². The Bertz CT molecular complexity index is 137. The molecular weight excluding hydrogens is 144 g/mol. The fourth-order valence-electron chi connectivity index (χ4n) is 0.693. The Hall–Kier alpha value is -1.10. The summed E-state index contributed by atoms with van der Waals surface area (Å²) in [6.07, 6.45) is 2.42. The van der Waals surface area contributed by atoms with Crippen LogP contribution in [-0.2, 0) is 4.79 Å². The van der Waals surface area contributed by atoms with Crippen molar-refractivity contribution in [2.75, 3.05) is 0 Å². The molecule has 1 atom stereocenters. The molecule has 1 unspecified atom stereocenters. The maximum absolute atomic E-state index is 9.88. The average Bonchev–Trinajstić information content (AvgIpc) is 1.86. The lowest BCUT2D eigenvalue weighted by atomic mass is 10.2. The molecule has 0 amide bonds. The normalized spacial score (nSPS) is 12.1. The van der Waals surface area contributed by atoms with Crippen molar-refractivity contribution in [3.05, 3.63) is 0 Å². The highest BCUT2D eigenvalue weighted by molar-refractivity contribution is 5.74. The van der Waals surface area contributed by atoms with Crippen LogP contribution < -0.4 is 16.8 Å². The van der Waals surface area contributed by atoms with Gasteiger partial charge in [0.15, 0.2) is 5.96 Å². The third-order valence-electron chi connectivity index (χ3n) is 1.18. The molecule has 0 aromatic heterocycles. The van der Waals surface area contributed by atoms with E-state index in [1.54, 1.807) is 0 Å². The second-order valence-corrected chi connectivity index (χ2v) is 2.26. The fraction of sp³-hybridized carbons (Fsp3) is 0.667. The predicted molar refractivity (Wildman–Crippen MR) is 42.9 cm³/mol. The number of nitrogens with one attached hydrogen (secondary N) is 2. The van der Waals surface area contributed by atoms with E-state index < -0.39 is 0 Å². The van der Waals surface area contributed by atoms with Crippen molar-refractivity contribution in [3.63, 3.8) is 0 Å². The van der Waals surface area contributed by atoms with Gasteiger partial charge in [0.2, 0.25) is 0 Å². The molecule has 0 spiro atoms. The van der Waals surface area contributed by atoms with Gasteiger partial charge in [-0.3, -0.25) is 5.41 Å². The van der Waals surface area contributed by atoms with Crippen molar-refractivity contribution < 1.29 is 4.79 Å². The van der Waals surface area contributed by atoms with Crippen LogP contribution in [0.5, 0.6) is 0 Å². The standard InChI is InChI=1S/C6H14N4O/c7-5(10-6(8)9)3-1-2-4-11/h4-5H,1-3,7H2,(H4,8,9,10). The Morgan fingerprint density at radius 2 is 2.36 bits per heavy atom. The Morgan fingerprint density at radius 3 is 2.82 bits per heavy atom. The number of rotatable bonds is 5. The first-order chi connectivity index (χ1) is 5.16. The SMILES string of the molecule is N=C(N)NC(N)CCCC=O. The molecule has 0 saturated heterocycles. The Balaban J connectivity index is 3.28. The summed E-state index contributed by atoms with van der Waals surface area (Å²) in [7, 11) is 0. The predicted octanol–water partition coefficient (Wildman–Crippen LogP) is -0.877. The van der Waals surface area contributed by atoms with E-state index in [9.17, 15) is 4.79 Å². The van der Waals surface area contributed by atoms with Crippen LogP contribution in [0, 0.1) is 5.41 Å². The van der Waals surface area contributed by atoms with Gasteiger partial charge in [-0.05, 0) is 12.8 Å². The summed E-state index contributed by atoms with van der Waals surface area (Å²) in [6, 6.07) is 0. The molecule has 0 saturated carbocycles. The summed E-state index contributed by atoms with van der Waals surface area (Å²) in [5.41, 5.74) is 10.5. The number of carbonyl (C=O) groups is 1. The molecule has 5 nitrogen and oxygen atoms in total. The summed E-state index contributed by atoms with van der Waals surface area (Å²) < 4.78 is 0. The van der Waals surface area contributed by atoms with Crippen LogP contribution in [0.3, 0.4) is 0 Å². The van der Waals surface area contributed by atoms with Crippen molar-refractivity contribution in [2.45, 2.75) is 25.4 Å². The number of guanidine groups is 1. The van der Waals surface area contributed by atoms with Crippen molar-refractivity contribution >= 4 is 12.2 Å². The maximum atomic E-state index is 9.88. The van der Waals surface area contributed by atoms with Gasteiger partial charge in [-0.1, -0.05) is 0 Å². The highest BCUT2D eigenvalue weighted by atomic mass is 16.1. The van der Waals surface area contributed by atoms with E-state index in [0.717, 1.165) is 12.7 Å². The highest BCUT2D eigenvalue weighted by Crippen LogP contribution is 1.93. The lowest BCUT2D eigenvalue weighted by Crippen LogP contribution is -2.44. The Labute approximate surface area is 65.6 Å². The summed E-state index contributed by atoms with van der Waals surface area (Å²) in [5.74, 6) is -0.136. The zero-order valence-corrected chi connectivity index (χ0v) is 6.34. The number of aldehydes is 1. The van der Waals surface area contributed by atoms with Gasteiger partial charge >= 0.3 is 0 Å². The first-order valence-electron chi connectivity index (χ1n) is 3.46. The molecule has 0 aliphatic rings. The zero-order valence-electron chi connectivity index (χ0n) is 6.34. The van der Waals surface area contributed by atoms with Crippen LogP contribution >= 0.6 is 0 Å². The number of unbranched alkanes of at least 4 members (excludes halogenated alkanes) is 1. The van der Waals surface area contributed by atoms with E-state index >= 15 is 0 Å². The van der Waals surface area contributed by atoms with Gasteiger partial charge in [0.1, 0.15) is 6.29 Å². The molecule has 0 fully saturated rings. The van der Waals surface area contributed by atoms with Gasteiger partial charge in [0.05, 0.1) is 6.17 Å². The van der Waals surface area contributed by atoms with Gasteiger partial charge in [-0.15, -0.1) is 0 Å². The molecule has 0 heterocycles. The molecule has 0 aliphatic carbocycles. The first kappa shape index (κ1) is 9.90. The van der Waals surface area contributed by atoms with Gasteiger partial charge in [-0.25, -0.2) is 0 Å². The number of carbonyl (C=O) groups excluding carboxylic acids is 1. The van der Waals surface area contributed by atoms with Crippen molar-refractivity contribution in [1.82, 2.24) is 5.32 Å². The molecule has 6 N–H and O–H groups in total. The number of nitrogens with two attached hydrogens (primary N) is 2. The average molecular weight is 158 g/mol. The van der Waals surface area contributed by atoms with Crippen molar-refractivity contribution in [1.29, 1.82) is 5.41 Å². The summed E-state index contributed by atoms with van der Waals surface area (Å²) in [4.78, 5) is 9.88. The first-order valence-corrected chi connectivity index (χ1v) is 3.46. The van der Waals surface area contributed by atoms with Crippen molar-refractivity contribution in [3.8, 4) is 0 Å². The van der Waals surface area contributed by atoms with Crippen LogP contribution in [-0.4, -0.2) is 18.4 Å². The largest absolute Gasteiger partial charge is 0.370 e. The smallest absolute Gasteiger partial charge is 0.186 e. The topological polar surface area (TPSA) is 105 Å². The van der Waals surface area contributed by atoms with Crippen LogP contribution in [0.4, 0.5) is 0 Å². The molecule has 0 bridgehead atoms. The lowest BCUT2D eigenvalue weighted by molar-refractivity contribution is -0.107. The monoisotopic (exact) mass is 158 g/mol. The molecule has 11 heavy (non-hydrogen) atoms. The highest BCUT2D eigenvalue weighted by Gasteiger charge is 2.00. The molecule has 0 aromatic carbocycles. The second kappa shape index (κ2) is 5.67. The van der Waals surface area contributed by atoms with Crippen LogP contribution in [0.1, 0.15) is 19.3 Å². The van der Waals surface area contributed by atoms with Gasteiger partial charge in [-0.2, -0.15) is 0 Å². The van der Waals surface area contributed by atoms with E-state index in [2.05, 4.69) is 5.32 Å². The molecule has 0 aromatic rings. The van der Waals surface area contributed by atoms with E-state index in [1.165, 1.54) is 0 Å². The Morgan fingerprint density at radius 1 is 1.73 bits per heavy atom. The van der Waals surface area contributed by atoms with E-state index in [0.29, 0.717) is 12.8 Å². The van der Waals surface area contributed by atoms with E-state index in [-0.39, 0.29) is 12.1 Å². The van der Waals surface area contributed by atoms with Gasteiger partial charge < -0.3 is 21.6 Å². The maximum Gasteiger partial charge on any atom is 0.186 e.